The minimum Gasteiger partial charge on any atom is -0.412 e. The normalized spacial score (nSPS) is 25.8. The number of hydrogen-bond acceptors (Lipinski definition) is 10. The van der Waals surface area contributed by atoms with Crippen LogP contribution in [0.25, 0.3) is 5.57 Å². The number of hydroxylamine groups is 1. The molecule has 2 aromatic heterocycles. The van der Waals surface area contributed by atoms with E-state index in [0.717, 1.165) is 67.3 Å². The second kappa shape index (κ2) is 8.44. The topological polar surface area (TPSA) is 117 Å². The number of piperidine rings is 1. The maximum atomic E-state index is 6.36. The molecule has 5 heterocycles. The van der Waals surface area contributed by atoms with Gasteiger partial charge < -0.3 is 15.5 Å². The van der Waals surface area contributed by atoms with Crippen molar-refractivity contribution >= 4 is 17.2 Å². The smallest absolute Gasteiger partial charge is 0.160 e. The summed E-state index contributed by atoms with van der Waals surface area (Å²) in [5.41, 5.74) is 16.3. The molecule has 2 atom stereocenters. The van der Waals surface area contributed by atoms with Gasteiger partial charge in [0.25, 0.3) is 0 Å². The molecule has 0 spiro atoms. The molecule has 2 aromatic rings. The Kier molecular flexibility index (Phi) is 5.39. The molecule has 180 valence electrons. The van der Waals surface area contributed by atoms with Crippen LogP contribution >= 0.6 is 0 Å². The summed E-state index contributed by atoms with van der Waals surface area (Å²) >= 11 is 0. The molecular formula is C24H33N9O. The molecule has 1 saturated carbocycles. The molecule has 10 heteroatoms. The molecule has 2 unspecified atom stereocenters. The van der Waals surface area contributed by atoms with Gasteiger partial charge >= 0.3 is 0 Å². The Morgan fingerprint density at radius 3 is 2.41 bits per heavy atom. The first kappa shape index (κ1) is 21.7. The van der Waals surface area contributed by atoms with Crippen molar-refractivity contribution in [3.05, 3.63) is 41.4 Å². The summed E-state index contributed by atoms with van der Waals surface area (Å²) in [5, 5.41) is 2.05. The predicted octanol–water partition coefficient (Wildman–Crippen LogP) is 2.16. The lowest BCUT2D eigenvalue weighted by Gasteiger charge is -2.29. The average Bonchev–Trinajstić information content (AvgIpc) is 3.46. The van der Waals surface area contributed by atoms with Crippen molar-refractivity contribution in [2.75, 3.05) is 30.9 Å². The van der Waals surface area contributed by atoms with E-state index in [-0.39, 0.29) is 18.1 Å². The van der Waals surface area contributed by atoms with Crippen molar-refractivity contribution in [3.8, 4) is 0 Å². The molecule has 10 nitrogen and oxygen atoms in total. The van der Waals surface area contributed by atoms with Crippen molar-refractivity contribution in [1.82, 2.24) is 35.7 Å². The van der Waals surface area contributed by atoms with Gasteiger partial charge in [-0.3, -0.25) is 5.01 Å². The van der Waals surface area contributed by atoms with Gasteiger partial charge in [-0.2, -0.15) is 0 Å². The maximum Gasteiger partial charge on any atom is 0.160 e. The Balaban J connectivity index is 1.34. The predicted molar refractivity (Wildman–Crippen MR) is 129 cm³/mol. The van der Waals surface area contributed by atoms with E-state index in [0.29, 0.717) is 17.7 Å². The zero-order chi connectivity index (χ0) is 23.4. The molecular weight excluding hydrogens is 430 g/mol. The molecule has 1 aliphatic carbocycles. The highest BCUT2D eigenvalue weighted by Gasteiger charge is 2.47. The van der Waals surface area contributed by atoms with E-state index in [9.17, 15) is 0 Å². The molecule has 3 aliphatic heterocycles. The quantitative estimate of drug-likeness (QED) is 0.609. The standard InChI is InChI=1S/C24H33N9O/c1-13(2)33-24-18(22(25)28-12-29-24)19(30-33)20-17(21(34-31-20)15-4-5-15)23-26-10-16(11-27-23)14-6-8-32(3)9-7-14/h10-15,19-20,30-31H,4-9H2,1-3H3,(H2,25,28,29). The van der Waals surface area contributed by atoms with Gasteiger partial charge in [0.2, 0.25) is 0 Å². The van der Waals surface area contributed by atoms with Crippen molar-refractivity contribution in [1.29, 1.82) is 0 Å². The van der Waals surface area contributed by atoms with Gasteiger partial charge in [-0.25, -0.2) is 25.4 Å². The summed E-state index contributed by atoms with van der Waals surface area (Å²) in [5.74, 6) is 3.90. The summed E-state index contributed by atoms with van der Waals surface area (Å²) in [4.78, 5) is 27.0. The van der Waals surface area contributed by atoms with Gasteiger partial charge in [-0.15, -0.1) is 5.48 Å². The minimum atomic E-state index is -0.208. The molecule has 0 amide bonds. The van der Waals surface area contributed by atoms with E-state index in [1.165, 1.54) is 11.9 Å². The number of likely N-dealkylation sites (tertiary alicyclic amines) is 1. The number of nitrogens with zero attached hydrogens (tertiary/aromatic N) is 6. The number of nitrogen functional groups attached to an aromatic ring is 1. The molecule has 4 aliphatic rings. The van der Waals surface area contributed by atoms with Crippen LogP contribution in [0.4, 0.5) is 11.6 Å². The van der Waals surface area contributed by atoms with Crippen LogP contribution in [0.2, 0.25) is 0 Å². The second-order valence-corrected chi connectivity index (χ2v) is 10.2. The van der Waals surface area contributed by atoms with E-state index < -0.39 is 0 Å². The number of fused-ring (bicyclic) bond motifs is 1. The van der Waals surface area contributed by atoms with E-state index >= 15 is 0 Å². The van der Waals surface area contributed by atoms with Crippen molar-refractivity contribution < 1.29 is 4.84 Å². The third-order valence-electron chi connectivity index (χ3n) is 7.48. The SMILES string of the molecule is CC(C)N1NC(C2NOC(C3CC3)=C2c2ncc(C3CCN(C)CC3)cn2)c2c(N)ncnc21. The first-order valence-corrected chi connectivity index (χ1v) is 12.3. The number of allylic oxidation sites excluding steroid dienone is 1. The van der Waals surface area contributed by atoms with Crippen molar-refractivity contribution in [2.24, 2.45) is 5.92 Å². The Bertz CT molecular complexity index is 1090. The highest BCUT2D eigenvalue weighted by atomic mass is 16.7. The van der Waals surface area contributed by atoms with Crippen LogP contribution in [-0.2, 0) is 4.84 Å². The van der Waals surface area contributed by atoms with E-state index in [4.69, 9.17) is 20.5 Å². The number of hydrazine groups is 1. The Hall–Kier alpha value is -2.82. The summed E-state index contributed by atoms with van der Waals surface area (Å²) in [6, 6.07) is -0.205. The number of hydrogen-bond donors (Lipinski definition) is 3. The number of nitrogens with two attached hydrogens (primary N) is 1. The summed E-state index contributed by atoms with van der Waals surface area (Å²) in [6.07, 6.45) is 10.1. The molecule has 2 fully saturated rings. The third kappa shape index (κ3) is 3.70. The first-order chi connectivity index (χ1) is 16.5. The van der Waals surface area contributed by atoms with Gasteiger partial charge in [-0.05, 0) is 71.1 Å². The lowest BCUT2D eigenvalue weighted by Crippen LogP contribution is -2.45. The van der Waals surface area contributed by atoms with Crippen LogP contribution in [0.3, 0.4) is 0 Å². The van der Waals surface area contributed by atoms with Crippen LogP contribution in [-0.4, -0.2) is 57.1 Å². The Labute approximate surface area is 199 Å². The van der Waals surface area contributed by atoms with Gasteiger partial charge in [0.15, 0.2) is 11.6 Å². The molecule has 34 heavy (non-hydrogen) atoms. The fourth-order valence-electron chi connectivity index (χ4n) is 5.36. The van der Waals surface area contributed by atoms with Gasteiger partial charge in [0, 0.05) is 24.4 Å². The van der Waals surface area contributed by atoms with Crippen molar-refractivity contribution in [3.63, 3.8) is 0 Å². The highest BCUT2D eigenvalue weighted by molar-refractivity contribution is 5.73. The summed E-state index contributed by atoms with van der Waals surface area (Å²) < 4.78 is 0. The monoisotopic (exact) mass is 463 g/mol. The second-order valence-electron chi connectivity index (χ2n) is 10.2. The zero-order valence-corrected chi connectivity index (χ0v) is 20.0. The number of anilines is 2. The minimum absolute atomic E-state index is 0.193. The van der Waals surface area contributed by atoms with Crippen LogP contribution in [0.15, 0.2) is 24.5 Å². The lowest BCUT2D eigenvalue weighted by atomic mass is 9.91. The van der Waals surface area contributed by atoms with Gasteiger partial charge in [0.05, 0.1) is 23.2 Å². The van der Waals surface area contributed by atoms with Crippen LogP contribution in [0.5, 0.6) is 0 Å². The fourth-order valence-corrected chi connectivity index (χ4v) is 5.36. The van der Waals surface area contributed by atoms with Crippen LogP contribution < -0.4 is 21.6 Å². The van der Waals surface area contributed by atoms with Gasteiger partial charge in [-0.1, -0.05) is 0 Å². The molecule has 0 bridgehead atoms. The van der Waals surface area contributed by atoms with E-state index in [1.54, 1.807) is 0 Å². The van der Waals surface area contributed by atoms with Crippen LogP contribution in [0.1, 0.15) is 68.4 Å². The number of nitrogens with one attached hydrogen (secondary N) is 2. The largest absolute Gasteiger partial charge is 0.412 e. The third-order valence-corrected chi connectivity index (χ3v) is 7.48. The van der Waals surface area contributed by atoms with E-state index in [2.05, 4.69) is 51.7 Å². The van der Waals surface area contributed by atoms with Gasteiger partial charge in [0.1, 0.15) is 17.9 Å². The molecule has 6 rings (SSSR count). The Morgan fingerprint density at radius 2 is 1.74 bits per heavy atom. The lowest BCUT2D eigenvalue weighted by molar-refractivity contribution is 0.0972. The molecule has 1 saturated heterocycles. The first-order valence-electron chi connectivity index (χ1n) is 12.3. The zero-order valence-electron chi connectivity index (χ0n) is 20.0. The van der Waals surface area contributed by atoms with E-state index in [1.807, 2.05) is 12.4 Å². The summed E-state index contributed by atoms with van der Waals surface area (Å²) in [7, 11) is 2.18. The number of aromatic nitrogens is 4. The maximum absolute atomic E-state index is 6.36. The average molecular weight is 464 g/mol. The van der Waals surface area contributed by atoms with Crippen molar-refractivity contribution in [2.45, 2.75) is 63.6 Å². The molecule has 0 aromatic carbocycles. The fraction of sp³-hybridized carbons (Fsp3) is 0.583. The molecule has 4 N–H and O–H groups in total. The summed E-state index contributed by atoms with van der Waals surface area (Å²) in [6.45, 7) is 6.47. The van der Waals surface area contributed by atoms with Crippen LogP contribution in [0, 0.1) is 5.92 Å². The highest BCUT2D eigenvalue weighted by Crippen LogP contribution is 2.48. The number of rotatable bonds is 5. The molecule has 0 radical (unpaired) electrons. The Morgan fingerprint density at radius 1 is 1.00 bits per heavy atom.